The number of hydrogen-bond acceptors (Lipinski definition) is 6. The first kappa shape index (κ1) is 17.7. The van der Waals surface area contributed by atoms with Gasteiger partial charge in [-0.15, -0.1) is 0 Å². The smallest absolute Gasteiger partial charge is 0.260 e. The summed E-state index contributed by atoms with van der Waals surface area (Å²) in [5.41, 5.74) is -1.11. The first-order valence-electron chi connectivity index (χ1n) is 8.62. The van der Waals surface area contributed by atoms with Crippen LogP contribution in [0.5, 0.6) is 0 Å². The number of aromatic nitrogens is 2. The van der Waals surface area contributed by atoms with E-state index in [9.17, 15) is 13.2 Å². The lowest BCUT2D eigenvalue weighted by molar-refractivity contribution is -0.145. The summed E-state index contributed by atoms with van der Waals surface area (Å²) in [7, 11) is -3.81. The average Bonchev–Trinajstić information content (AvgIpc) is 3.32. The predicted molar refractivity (Wildman–Crippen MR) is 95.1 cm³/mol. The van der Waals surface area contributed by atoms with Gasteiger partial charge in [0.05, 0.1) is 11.7 Å². The van der Waals surface area contributed by atoms with Crippen molar-refractivity contribution in [3.8, 4) is 0 Å². The number of carbonyl (C=O) groups is 1. The molecule has 1 aromatic heterocycles. The van der Waals surface area contributed by atoms with Crippen LogP contribution in [0.3, 0.4) is 0 Å². The lowest BCUT2D eigenvalue weighted by Gasteiger charge is -2.36. The standard InChI is InChI=1S/C16H19FN4O3S2/c17-16(15(22)20-8-1-2-9-20)6-10-21(11-7-16)26(23,24)13-5-3-4-12-14(13)19-25-18-12/h3-5H,1-2,6-11H2. The van der Waals surface area contributed by atoms with E-state index >= 15 is 4.39 Å². The summed E-state index contributed by atoms with van der Waals surface area (Å²) in [5, 5.41) is 0. The number of alkyl halides is 1. The highest BCUT2D eigenvalue weighted by atomic mass is 32.2. The van der Waals surface area contributed by atoms with Gasteiger partial charge in [0.15, 0.2) is 5.67 Å². The fourth-order valence-electron chi connectivity index (χ4n) is 3.63. The quantitative estimate of drug-likeness (QED) is 0.787. The number of piperidine rings is 1. The number of sulfonamides is 1. The lowest BCUT2D eigenvalue weighted by Crippen LogP contribution is -2.52. The number of rotatable bonds is 3. The zero-order chi connectivity index (χ0) is 18.4. The van der Waals surface area contributed by atoms with Crippen LogP contribution >= 0.6 is 11.7 Å². The Hall–Kier alpha value is -1.65. The van der Waals surface area contributed by atoms with E-state index in [0.717, 1.165) is 24.6 Å². The molecule has 7 nitrogen and oxygen atoms in total. The van der Waals surface area contributed by atoms with Crippen LogP contribution in [0.15, 0.2) is 23.1 Å². The van der Waals surface area contributed by atoms with Crippen LogP contribution in [0.2, 0.25) is 0 Å². The largest absolute Gasteiger partial charge is 0.340 e. The molecule has 0 aliphatic carbocycles. The van der Waals surface area contributed by atoms with Crippen molar-refractivity contribution in [1.29, 1.82) is 0 Å². The van der Waals surface area contributed by atoms with Crippen LogP contribution in [0, 0.1) is 0 Å². The van der Waals surface area contributed by atoms with E-state index in [0.29, 0.717) is 24.1 Å². The van der Waals surface area contributed by atoms with Crippen molar-refractivity contribution in [2.45, 2.75) is 36.2 Å². The Morgan fingerprint density at radius 1 is 1.12 bits per heavy atom. The molecule has 2 aliphatic rings. The first-order chi connectivity index (χ1) is 12.4. The molecule has 0 N–H and O–H groups in total. The maximum Gasteiger partial charge on any atom is 0.260 e. The van der Waals surface area contributed by atoms with Gasteiger partial charge in [0, 0.05) is 39.0 Å². The zero-order valence-corrected chi connectivity index (χ0v) is 15.7. The molecular formula is C16H19FN4O3S2. The second-order valence-electron chi connectivity index (χ2n) is 6.76. The van der Waals surface area contributed by atoms with Gasteiger partial charge in [0.2, 0.25) is 10.0 Å². The fraction of sp³-hybridized carbons (Fsp3) is 0.562. The van der Waals surface area contributed by atoms with E-state index in [1.807, 2.05) is 0 Å². The second-order valence-corrected chi connectivity index (χ2v) is 9.19. The minimum Gasteiger partial charge on any atom is -0.340 e. The Kier molecular flexibility index (Phi) is 4.44. The molecule has 0 spiro atoms. The number of amides is 1. The van der Waals surface area contributed by atoms with Gasteiger partial charge < -0.3 is 4.90 Å². The van der Waals surface area contributed by atoms with Crippen LogP contribution in [0.1, 0.15) is 25.7 Å². The molecule has 2 aromatic rings. The van der Waals surface area contributed by atoms with Crippen molar-refractivity contribution >= 4 is 38.7 Å². The zero-order valence-electron chi connectivity index (χ0n) is 14.1. The maximum atomic E-state index is 15.2. The van der Waals surface area contributed by atoms with Gasteiger partial charge in [-0.1, -0.05) is 6.07 Å². The number of likely N-dealkylation sites (tertiary alicyclic amines) is 1. The Morgan fingerprint density at radius 3 is 2.50 bits per heavy atom. The summed E-state index contributed by atoms with van der Waals surface area (Å²) < 4.78 is 50.5. The molecule has 3 heterocycles. The third kappa shape index (κ3) is 2.89. The number of benzene rings is 1. The average molecular weight is 398 g/mol. The molecule has 0 bridgehead atoms. The molecule has 1 aromatic carbocycles. The van der Waals surface area contributed by atoms with Crippen molar-refractivity contribution in [3.63, 3.8) is 0 Å². The van der Waals surface area contributed by atoms with Crippen LogP contribution in [-0.4, -0.2) is 64.1 Å². The monoisotopic (exact) mass is 398 g/mol. The van der Waals surface area contributed by atoms with Crippen molar-refractivity contribution in [2.24, 2.45) is 0 Å². The summed E-state index contributed by atoms with van der Waals surface area (Å²) in [6.07, 6.45) is 1.56. The molecule has 10 heteroatoms. The van der Waals surface area contributed by atoms with E-state index in [-0.39, 0.29) is 30.8 Å². The Labute approximate surface area is 155 Å². The third-order valence-corrected chi connectivity index (χ3v) is 7.63. The van der Waals surface area contributed by atoms with Gasteiger partial charge in [0.1, 0.15) is 15.9 Å². The van der Waals surface area contributed by atoms with Gasteiger partial charge in [-0.25, -0.2) is 12.8 Å². The minimum absolute atomic E-state index is 0.0215. The van der Waals surface area contributed by atoms with Gasteiger partial charge in [-0.2, -0.15) is 13.1 Å². The predicted octanol–water partition coefficient (Wildman–Crippen LogP) is 1.81. The molecule has 0 saturated carbocycles. The topological polar surface area (TPSA) is 83.5 Å². The number of hydrogen-bond donors (Lipinski definition) is 0. The molecule has 2 aliphatic heterocycles. The third-order valence-electron chi connectivity index (χ3n) is 5.16. The van der Waals surface area contributed by atoms with Gasteiger partial charge >= 0.3 is 0 Å². The number of fused-ring (bicyclic) bond motifs is 1. The maximum absolute atomic E-state index is 15.2. The van der Waals surface area contributed by atoms with Gasteiger partial charge in [-0.05, 0) is 25.0 Å². The number of halogens is 1. The molecule has 0 radical (unpaired) electrons. The molecule has 1 amide bonds. The lowest BCUT2D eigenvalue weighted by atomic mass is 9.93. The van der Waals surface area contributed by atoms with E-state index in [1.165, 1.54) is 10.4 Å². The molecule has 0 atom stereocenters. The highest BCUT2D eigenvalue weighted by Crippen LogP contribution is 2.33. The van der Waals surface area contributed by atoms with Crippen molar-refractivity contribution < 1.29 is 17.6 Å². The summed E-state index contributed by atoms with van der Waals surface area (Å²) >= 11 is 0.954. The van der Waals surface area contributed by atoms with E-state index in [2.05, 4.69) is 8.75 Å². The first-order valence-corrected chi connectivity index (χ1v) is 10.8. The van der Waals surface area contributed by atoms with E-state index in [4.69, 9.17) is 0 Å². The van der Waals surface area contributed by atoms with Gasteiger partial charge in [-0.3, -0.25) is 4.79 Å². The fourth-order valence-corrected chi connectivity index (χ4v) is 5.82. The highest BCUT2D eigenvalue weighted by Gasteiger charge is 2.46. The van der Waals surface area contributed by atoms with E-state index in [1.54, 1.807) is 17.0 Å². The molecule has 4 rings (SSSR count). The van der Waals surface area contributed by atoms with Crippen LogP contribution in [0.4, 0.5) is 4.39 Å². The summed E-state index contributed by atoms with van der Waals surface area (Å²) in [6, 6.07) is 4.82. The number of nitrogens with zero attached hydrogens (tertiary/aromatic N) is 4. The molecule has 140 valence electrons. The van der Waals surface area contributed by atoms with Crippen LogP contribution in [-0.2, 0) is 14.8 Å². The van der Waals surface area contributed by atoms with Crippen molar-refractivity contribution in [3.05, 3.63) is 18.2 Å². The van der Waals surface area contributed by atoms with Crippen LogP contribution < -0.4 is 0 Å². The van der Waals surface area contributed by atoms with Gasteiger partial charge in [0.25, 0.3) is 5.91 Å². The SMILES string of the molecule is O=C(N1CCCC1)C1(F)CCN(S(=O)(=O)c2cccc3nsnc23)CC1. The normalized spacial score (nSPS) is 21.3. The van der Waals surface area contributed by atoms with Crippen LogP contribution in [0.25, 0.3) is 11.0 Å². The van der Waals surface area contributed by atoms with Crippen molar-refractivity contribution in [1.82, 2.24) is 18.0 Å². The van der Waals surface area contributed by atoms with E-state index < -0.39 is 21.6 Å². The molecule has 2 saturated heterocycles. The Morgan fingerprint density at radius 2 is 1.81 bits per heavy atom. The van der Waals surface area contributed by atoms with Crippen molar-refractivity contribution in [2.75, 3.05) is 26.2 Å². The summed E-state index contributed by atoms with van der Waals surface area (Å²) in [5.74, 6) is -0.488. The molecule has 26 heavy (non-hydrogen) atoms. The summed E-state index contributed by atoms with van der Waals surface area (Å²) in [4.78, 5) is 14.1. The Bertz CT molecular complexity index is 932. The highest BCUT2D eigenvalue weighted by molar-refractivity contribution is 7.89. The number of carbonyl (C=O) groups excluding carboxylic acids is 1. The molecular weight excluding hydrogens is 379 g/mol. The Balaban J connectivity index is 1.54. The molecule has 0 unspecified atom stereocenters. The minimum atomic E-state index is -3.81. The summed E-state index contributed by atoms with van der Waals surface area (Å²) in [6.45, 7) is 1.13. The molecule has 2 fully saturated rings. The second kappa shape index (κ2) is 6.50.